The maximum atomic E-state index is 14.0. The van der Waals surface area contributed by atoms with E-state index in [1.54, 1.807) is 0 Å². The predicted molar refractivity (Wildman–Crippen MR) is 174 cm³/mol. The Morgan fingerprint density at radius 3 is 2.43 bits per heavy atom. The Morgan fingerprint density at radius 1 is 1.09 bits per heavy atom. The van der Waals surface area contributed by atoms with Crippen molar-refractivity contribution in [2.75, 3.05) is 46.9 Å². The van der Waals surface area contributed by atoms with Crippen LogP contribution in [0.3, 0.4) is 0 Å². The van der Waals surface area contributed by atoms with Crippen molar-refractivity contribution in [2.45, 2.75) is 81.5 Å². The standard InChI is InChI=1S/C33H48N8O6/c1-35-28(42)25(19-23-9-5-3-6-10-23)36-30(44)27-21-47-18-17-41(27)31(38-32(45)46)37-26(20-24-11-7-4-8-12-24)29(43)39-33(22-34)13-15-40(2)16-14-33/h3,5-6,9-10,24-27H,4,7-8,11-21H2,1-2H3,(H,35,42)(H,36,44)(H,37,38)(H,39,43)(H,45,46). The van der Waals surface area contributed by atoms with Gasteiger partial charge in [0.2, 0.25) is 23.7 Å². The zero-order valence-corrected chi connectivity index (χ0v) is 27.4. The third-order valence-corrected chi connectivity index (χ3v) is 9.36. The van der Waals surface area contributed by atoms with Crippen LogP contribution >= 0.6 is 0 Å². The summed E-state index contributed by atoms with van der Waals surface area (Å²) in [4.78, 5) is 60.9. The number of rotatable bonds is 10. The van der Waals surface area contributed by atoms with E-state index in [0.29, 0.717) is 32.4 Å². The molecular weight excluding hydrogens is 604 g/mol. The Labute approximate surface area is 276 Å². The number of nitrogens with one attached hydrogen (secondary N) is 4. The van der Waals surface area contributed by atoms with Crippen LogP contribution in [0, 0.1) is 17.2 Å². The summed E-state index contributed by atoms with van der Waals surface area (Å²) < 4.78 is 5.63. The van der Waals surface area contributed by atoms with Crippen LogP contribution in [-0.2, 0) is 25.5 Å². The zero-order valence-electron chi connectivity index (χ0n) is 27.4. The second-order valence-electron chi connectivity index (χ2n) is 12.8. The molecule has 1 saturated carbocycles. The normalized spacial score (nSPS) is 21.9. The van der Waals surface area contributed by atoms with Gasteiger partial charge in [0.15, 0.2) is 0 Å². The molecule has 3 fully saturated rings. The molecule has 14 nitrogen and oxygen atoms in total. The number of carboxylic acid groups (broad SMARTS) is 1. The molecule has 1 aliphatic carbocycles. The number of carbonyl (C=O) groups is 4. The van der Waals surface area contributed by atoms with Gasteiger partial charge in [-0.05, 0) is 37.8 Å². The number of likely N-dealkylation sites (N-methyl/N-ethyl adjacent to an activating group) is 1. The number of ether oxygens (including phenoxy) is 1. The van der Waals surface area contributed by atoms with Crippen LogP contribution in [0.15, 0.2) is 35.3 Å². The van der Waals surface area contributed by atoms with Gasteiger partial charge in [0.25, 0.3) is 0 Å². The average molecular weight is 653 g/mol. The van der Waals surface area contributed by atoms with Crippen LogP contribution in [0.5, 0.6) is 0 Å². The molecule has 4 rings (SSSR count). The highest BCUT2D eigenvalue weighted by atomic mass is 16.5. The van der Waals surface area contributed by atoms with Gasteiger partial charge in [-0.3, -0.25) is 19.7 Å². The summed E-state index contributed by atoms with van der Waals surface area (Å²) in [7, 11) is 3.46. The molecule has 47 heavy (non-hydrogen) atoms. The van der Waals surface area contributed by atoms with E-state index >= 15 is 0 Å². The van der Waals surface area contributed by atoms with Gasteiger partial charge in [-0.15, -0.1) is 0 Å². The van der Waals surface area contributed by atoms with Crippen molar-refractivity contribution >= 4 is 29.8 Å². The summed E-state index contributed by atoms with van der Waals surface area (Å²) in [5.74, 6) is -1.31. The highest BCUT2D eigenvalue weighted by molar-refractivity contribution is 5.98. The predicted octanol–water partition coefficient (Wildman–Crippen LogP) is 1.23. The number of hydrogen-bond donors (Lipinski definition) is 5. The molecule has 0 bridgehead atoms. The van der Waals surface area contributed by atoms with Gasteiger partial charge in [0, 0.05) is 33.1 Å². The maximum absolute atomic E-state index is 14.0. The van der Waals surface area contributed by atoms with Crippen molar-refractivity contribution < 1.29 is 29.0 Å². The maximum Gasteiger partial charge on any atom is 0.411 e. The molecule has 1 aromatic carbocycles. The molecule has 3 atom stereocenters. The SMILES string of the molecule is CNC(=O)C(Cc1ccccc1)NC(=O)C1COCCN1C(=NC(CC1CCCCC1)C(=O)NC1(C#N)CCN(C)CC1)NC(=O)O. The van der Waals surface area contributed by atoms with Crippen LogP contribution in [0.25, 0.3) is 0 Å². The molecule has 3 aliphatic rings. The molecule has 4 amide bonds. The zero-order chi connectivity index (χ0) is 33.8. The number of piperidine rings is 1. The molecule has 0 spiro atoms. The lowest BCUT2D eigenvalue weighted by Crippen LogP contribution is -2.62. The molecular formula is C33H48N8O6. The van der Waals surface area contributed by atoms with Gasteiger partial charge in [-0.2, -0.15) is 5.26 Å². The Kier molecular flexibility index (Phi) is 12.9. The number of amides is 4. The fourth-order valence-corrected chi connectivity index (χ4v) is 6.54. The number of benzene rings is 1. The molecule has 5 N–H and O–H groups in total. The molecule has 14 heteroatoms. The molecule has 0 aromatic heterocycles. The van der Waals surface area contributed by atoms with Crippen molar-refractivity contribution in [1.29, 1.82) is 5.26 Å². The van der Waals surface area contributed by atoms with E-state index in [4.69, 9.17) is 9.73 Å². The first-order chi connectivity index (χ1) is 22.6. The summed E-state index contributed by atoms with van der Waals surface area (Å²) >= 11 is 0. The first-order valence-corrected chi connectivity index (χ1v) is 16.5. The average Bonchev–Trinajstić information content (AvgIpc) is 3.08. The minimum atomic E-state index is -1.40. The smallest absolute Gasteiger partial charge is 0.411 e. The van der Waals surface area contributed by atoms with Crippen molar-refractivity contribution in [3.63, 3.8) is 0 Å². The van der Waals surface area contributed by atoms with Gasteiger partial charge < -0.3 is 35.6 Å². The summed E-state index contributed by atoms with van der Waals surface area (Å²) in [6.45, 7) is 1.54. The van der Waals surface area contributed by atoms with Gasteiger partial charge in [-0.25, -0.2) is 9.79 Å². The van der Waals surface area contributed by atoms with E-state index in [0.717, 1.165) is 37.7 Å². The molecule has 2 heterocycles. The van der Waals surface area contributed by atoms with Crippen LogP contribution in [0.4, 0.5) is 4.79 Å². The number of hydrogen-bond acceptors (Lipinski definition) is 8. The van der Waals surface area contributed by atoms with Gasteiger partial charge >= 0.3 is 6.09 Å². The van der Waals surface area contributed by atoms with Gasteiger partial charge in [0.1, 0.15) is 23.7 Å². The topological polar surface area (TPSA) is 188 Å². The summed E-state index contributed by atoms with van der Waals surface area (Å²) in [5, 5.41) is 30.7. The highest BCUT2D eigenvalue weighted by Crippen LogP contribution is 2.29. The van der Waals surface area contributed by atoms with Crippen molar-refractivity contribution in [1.82, 2.24) is 31.1 Å². The number of aliphatic imine (C=N–C) groups is 1. The second-order valence-corrected chi connectivity index (χ2v) is 12.8. The lowest BCUT2D eigenvalue weighted by molar-refractivity contribution is -0.134. The van der Waals surface area contributed by atoms with Crippen LogP contribution in [-0.4, -0.2) is 115 Å². The monoisotopic (exact) mass is 652 g/mol. The fraction of sp³-hybridized carbons (Fsp3) is 0.636. The van der Waals surface area contributed by atoms with Crippen LogP contribution < -0.4 is 21.3 Å². The van der Waals surface area contributed by atoms with E-state index < -0.39 is 41.6 Å². The van der Waals surface area contributed by atoms with Gasteiger partial charge in [0.05, 0.1) is 19.3 Å². The highest BCUT2D eigenvalue weighted by Gasteiger charge is 2.39. The fourth-order valence-electron chi connectivity index (χ4n) is 6.54. The number of likely N-dealkylation sites (tertiary alicyclic amines) is 1. The molecule has 0 radical (unpaired) electrons. The van der Waals surface area contributed by atoms with E-state index in [1.165, 1.54) is 11.9 Å². The van der Waals surface area contributed by atoms with E-state index in [1.807, 2.05) is 37.4 Å². The number of carbonyl (C=O) groups excluding carboxylic acids is 3. The lowest BCUT2D eigenvalue weighted by atomic mass is 9.84. The number of nitriles is 1. The second kappa shape index (κ2) is 17.1. The lowest BCUT2D eigenvalue weighted by Gasteiger charge is -2.38. The van der Waals surface area contributed by atoms with Crippen molar-refractivity contribution in [3.05, 3.63) is 35.9 Å². The minimum Gasteiger partial charge on any atom is -0.465 e. The number of nitrogens with zero attached hydrogens (tertiary/aromatic N) is 4. The summed E-state index contributed by atoms with van der Waals surface area (Å²) in [6.07, 6.45) is 5.22. The number of guanidine groups is 1. The Balaban J connectivity index is 1.62. The van der Waals surface area contributed by atoms with E-state index in [-0.39, 0.29) is 44.0 Å². The Morgan fingerprint density at radius 2 is 1.79 bits per heavy atom. The first-order valence-electron chi connectivity index (χ1n) is 16.5. The summed E-state index contributed by atoms with van der Waals surface area (Å²) in [6, 6.07) is 8.67. The Bertz CT molecular complexity index is 1300. The molecule has 3 unspecified atom stereocenters. The first kappa shape index (κ1) is 35.6. The number of morpholine rings is 1. The third kappa shape index (κ3) is 10.1. The molecule has 2 aliphatic heterocycles. The van der Waals surface area contributed by atoms with Crippen LogP contribution in [0.2, 0.25) is 0 Å². The molecule has 1 aromatic rings. The third-order valence-electron chi connectivity index (χ3n) is 9.36. The van der Waals surface area contributed by atoms with Gasteiger partial charge in [-0.1, -0.05) is 62.4 Å². The molecule has 256 valence electrons. The quantitative estimate of drug-likeness (QED) is 0.183. The van der Waals surface area contributed by atoms with Crippen molar-refractivity contribution in [2.24, 2.45) is 10.9 Å². The molecule has 2 saturated heterocycles. The van der Waals surface area contributed by atoms with Crippen molar-refractivity contribution in [3.8, 4) is 6.07 Å². The minimum absolute atomic E-state index is 0.0809. The summed E-state index contributed by atoms with van der Waals surface area (Å²) in [5.41, 5.74) is -0.191. The largest absolute Gasteiger partial charge is 0.465 e. The van der Waals surface area contributed by atoms with E-state index in [2.05, 4.69) is 32.2 Å². The van der Waals surface area contributed by atoms with E-state index in [9.17, 15) is 29.5 Å². The Hall–Kier alpha value is -4.22. The van der Waals surface area contributed by atoms with Crippen LogP contribution in [0.1, 0.15) is 56.9 Å².